The Morgan fingerprint density at radius 1 is 1.21 bits per heavy atom. The molecule has 2 N–H and O–H groups in total. The molecule has 0 aromatic heterocycles. The van der Waals surface area contributed by atoms with Gasteiger partial charge < -0.3 is 15.4 Å². The maximum absolute atomic E-state index is 5.69. The number of benzene rings is 1. The summed E-state index contributed by atoms with van der Waals surface area (Å²) >= 11 is 0. The second-order valence-electron chi connectivity index (χ2n) is 6.17. The SMILES string of the molecule is COc1cc(C)c(C)cc1N(C)CC(C)(C)CCN. The van der Waals surface area contributed by atoms with Gasteiger partial charge in [0.25, 0.3) is 0 Å². The van der Waals surface area contributed by atoms with Gasteiger partial charge in [-0.05, 0) is 55.5 Å². The Bertz CT molecular complexity index is 427. The highest BCUT2D eigenvalue weighted by Gasteiger charge is 2.21. The van der Waals surface area contributed by atoms with Gasteiger partial charge in [0.2, 0.25) is 0 Å². The van der Waals surface area contributed by atoms with E-state index in [1.54, 1.807) is 7.11 Å². The molecule has 0 aliphatic carbocycles. The monoisotopic (exact) mass is 264 g/mol. The zero-order chi connectivity index (χ0) is 14.6. The molecular weight excluding hydrogens is 236 g/mol. The predicted molar refractivity (Wildman–Crippen MR) is 83.2 cm³/mol. The molecule has 0 heterocycles. The number of ether oxygens (including phenoxy) is 1. The smallest absolute Gasteiger partial charge is 0.142 e. The molecule has 108 valence electrons. The highest BCUT2D eigenvalue weighted by atomic mass is 16.5. The molecular formula is C16H28N2O. The molecule has 0 atom stereocenters. The third-order valence-corrected chi connectivity index (χ3v) is 3.69. The molecule has 0 unspecified atom stereocenters. The summed E-state index contributed by atoms with van der Waals surface area (Å²) in [5.41, 5.74) is 9.59. The molecule has 0 aliphatic rings. The standard InChI is InChI=1S/C16H28N2O/c1-12-9-14(15(19-6)10-13(12)2)18(5)11-16(3,4)7-8-17/h9-10H,7-8,11,17H2,1-6H3. The van der Waals surface area contributed by atoms with Crippen LogP contribution in [-0.4, -0.2) is 27.2 Å². The van der Waals surface area contributed by atoms with Crippen LogP contribution >= 0.6 is 0 Å². The summed E-state index contributed by atoms with van der Waals surface area (Å²) < 4.78 is 5.51. The lowest BCUT2D eigenvalue weighted by molar-refractivity contribution is 0.345. The van der Waals surface area contributed by atoms with Crippen molar-refractivity contribution in [1.82, 2.24) is 0 Å². The first-order chi connectivity index (χ1) is 8.80. The number of hydrogen-bond donors (Lipinski definition) is 1. The van der Waals surface area contributed by atoms with E-state index in [2.05, 4.69) is 51.8 Å². The van der Waals surface area contributed by atoms with Crippen LogP contribution in [0.1, 0.15) is 31.4 Å². The molecule has 1 aromatic carbocycles. The minimum atomic E-state index is 0.202. The zero-order valence-corrected chi connectivity index (χ0v) is 13.2. The van der Waals surface area contributed by atoms with Crippen molar-refractivity contribution in [2.45, 2.75) is 34.1 Å². The second-order valence-corrected chi connectivity index (χ2v) is 6.17. The summed E-state index contributed by atoms with van der Waals surface area (Å²) in [6.45, 7) is 10.4. The minimum absolute atomic E-state index is 0.202. The fraction of sp³-hybridized carbons (Fsp3) is 0.625. The van der Waals surface area contributed by atoms with E-state index >= 15 is 0 Å². The van der Waals surface area contributed by atoms with Gasteiger partial charge in [-0.2, -0.15) is 0 Å². The van der Waals surface area contributed by atoms with E-state index in [0.717, 1.165) is 30.9 Å². The molecule has 19 heavy (non-hydrogen) atoms. The predicted octanol–water partition coefficient (Wildman–Crippen LogP) is 3.12. The van der Waals surface area contributed by atoms with Gasteiger partial charge >= 0.3 is 0 Å². The van der Waals surface area contributed by atoms with Crippen molar-refractivity contribution in [3.05, 3.63) is 23.3 Å². The third-order valence-electron chi connectivity index (χ3n) is 3.69. The van der Waals surface area contributed by atoms with E-state index < -0.39 is 0 Å². The quantitative estimate of drug-likeness (QED) is 0.858. The van der Waals surface area contributed by atoms with Gasteiger partial charge in [-0.3, -0.25) is 0 Å². The van der Waals surface area contributed by atoms with E-state index in [4.69, 9.17) is 10.5 Å². The van der Waals surface area contributed by atoms with Crippen LogP contribution in [-0.2, 0) is 0 Å². The van der Waals surface area contributed by atoms with E-state index in [1.807, 2.05) is 0 Å². The molecule has 3 nitrogen and oxygen atoms in total. The van der Waals surface area contributed by atoms with E-state index in [-0.39, 0.29) is 5.41 Å². The van der Waals surface area contributed by atoms with Gasteiger partial charge in [0.05, 0.1) is 12.8 Å². The van der Waals surface area contributed by atoms with Crippen LogP contribution in [0.25, 0.3) is 0 Å². The Balaban J connectivity index is 2.99. The number of anilines is 1. The average Bonchev–Trinajstić information content (AvgIpc) is 2.31. The number of hydrogen-bond acceptors (Lipinski definition) is 3. The maximum atomic E-state index is 5.69. The van der Waals surface area contributed by atoms with Crippen molar-refractivity contribution >= 4 is 5.69 Å². The van der Waals surface area contributed by atoms with Crippen molar-refractivity contribution in [3.8, 4) is 5.75 Å². The van der Waals surface area contributed by atoms with Gasteiger partial charge in [-0.25, -0.2) is 0 Å². The lowest BCUT2D eigenvalue weighted by atomic mass is 9.88. The van der Waals surface area contributed by atoms with Crippen LogP contribution in [0.4, 0.5) is 5.69 Å². The molecule has 0 aliphatic heterocycles. The molecule has 0 bridgehead atoms. The van der Waals surface area contributed by atoms with Crippen molar-refractivity contribution in [3.63, 3.8) is 0 Å². The largest absolute Gasteiger partial charge is 0.495 e. The molecule has 0 spiro atoms. The molecule has 0 saturated carbocycles. The molecule has 0 amide bonds. The lowest BCUT2D eigenvalue weighted by Gasteiger charge is -2.32. The third kappa shape index (κ3) is 4.13. The van der Waals surface area contributed by atoms with Gasteiger partial charge in [-0.1, -0.05) is 13.8 Å². The molecule has 1 rings (SSSR count). The fourth-order valence-electron chi connectivity index (χ4n) is 2.43. The van der Waals surface area contributed by atoms with E-state index in [1.165, 1.54) is 11.1 Å². The molecule has 1 aromatic rings. The van der Waals surface area contributed by atoms with Crippen molar-refractivity contribution < 1.29 is 4.74 Å². The second kappa shape index (κ2) is 6.29. The number of aryl methyl sites for hydroxylation is 2. The summed E-state index contributed by atoms with van der Waals surface area (Å²) in [4.78, 5) is 2.26. The molecule has 0 radical (unpaired) electrons. The lowest BCUT2D eigenvalue weighted by Crippen LogP contribution is -2.33. The minimum Gasteiger partial charge on any atom is -0.495 e. The normalized spacial score (nSPS) is 11.5. The van der Waals surface area contributed by atoms with Crippen LogP contribution in [0, 0.1) is 19.3 Å². The summed E-state index contributed by atoms with van der Waals surface area (Å²) in [6, 6.07) is 4.31. The van der Waals surface area contributed by atoms with Crippen molar-refractivity contribution in [2.24, 2.45) is 11.1 Å². The van der Waals surface area contributed by atoms with E-state index in [0.29, 0.717) is 0 Å². The Labute approximate surface area is 117 Å². The molecule has 0 saturated heterocycles. The first-order valence-corrected chi connectivity index (χ1v) is 6.87. The fourth-order valence-corrected chi connectivity index (χ4v) is 2.43. The Kier molecular flexibility index (Phi) is 5.24. The Hall–Kier alpha value is -1.22. The van der Waals surface area contributed by atoms with Crippen molar-refractivity contribution in [1.29, 1.82) is 0 Å². The van der Waals surface area contributed by atoms with Gasteiger partial charge in [0, 0.05) is 13.6 Å². The first kappa shape index (κ1) is 15.8. The highest BCUT2D eigenvalue weighted by Crippen LogP contribution is 2.33. The maximum Gasteiger partial charge on any atom is 0.142 e. The van der Waals surface area contributed by atoms with Crippen LogP contribution in [0.2, 0.25) is 0 Å². The average molecular weight is 264 g/mol. The number of nitrogens with two attached hydrogens (primary N) is 1. The van der Waals surface area contributed by atoms with Crippen LogP contribution in [0.5, 0.6) is 5.75 Å². The van der Waals surface area contributed by atoms with Crippen molar-refractivity contribution in [2.75, 3.05) is 32.1 Å². The van der Waals surface area contributed by atoms with Gasteiger partial charge in [0.1, 0.15) is 5.75 Å². The Morgan fingerprint density at radius 3 is 2.32 bits per heavy atom. The molecule has 3 heteroatoms. The topological polar surface area (TPSA) is 38.5 Å². The highest BCUT2D eigenvalue weighted by molar-refractivity contribution is 5.61. The van der Waals surface area contributed by atoms with Gasteiger partial charge in [-0.15, -0.1) is 0 Å². The summed E-state index contributed by atoms with van der Waals surface area (Å²) in [5.74, 6) is 0.939. The van der Waals surface area contributed by atoms with E-state index in [9.17, 15) is 0 Å². The molecule has 0 fully saturated rings. The van der Waals surface area contributed by atoms with Crippen LogP contribution in [0.15, 0.2) is 12.1 Å². The summed E-state index contributed by atoms with van der Waals surface area (Å²) in [5, 5.41) is 0. The summed E-state index contributed by atoms with van der Waals surface area (Å²) in [7, 11) is 3.84. The number of nitrogens with zero attached hydrogens (tertiary/aromatic N) is 1. The number of rotatable bonds is 6. The first-order valence-electron chi connectivity index (χ1n) is 6.87. The van der Waals surface area contributed by atoms with Crippen LogP contribution in [0.3, 0.4) is 0 Å². The van der Waals surface area contributed by atoms with Crippen LogP contribution < -0.4 is 15.4 Å². The number of methoxy groups -OCH3 is 1. The summed E-state index contributed by atoms with van der Waals surface area (Å²) in [6.07, 6.45) is 1.02. The Morgan fingerprint density at radius 2 is 1.79 bits per heavy atom. The zero-order valence-electron chi connectivity index (χ0n) is 13.2. The van der Waals surface area contributed by atoms with Gasteiger partial charge in [0.15, 0.2) is 0 Å².